The van der Waals surface area contributed by atoms with Crippen LogP contribution >= 0.6 is 0 Å². The first kappa shape index (κ1) is 22.0. The quantitative estimate of drug-likeness (QED) is 0.670. The summed E-state index contributed by atoms with van der Waals surface area (Å²) in [6, 6.07) is 13.3. The molecular weight excluding hydrogens is 404 g/mol. The van der Waals surface area contributed by atoms with Gasteiger partial charge in [-0.1, -0.05) is 62.2 Å². The van der Waals surface area contributed by atoms with Gasteiger partial charge in [-0.25, -0.2) is 13.2 Å². The van der Waals surface area contributed by atoms with Gasteiger partial charge in [0.15, 0.2) is 0 Å². The Morgan fingerprint density at radius 1 is 1.10 bits per heavy atom. The zero-order chi connectivity index (χ0) is 21.7. The summed E-state index contributed by atoms with van der Waals surface area (Å²) in [4.78, 5) is 24.8. The number of nitrogens with zero attached hydrogens (tertiary/aromatic N) is 1. The topological polar surface area (TPSA) is 104 Å². The van der Waals surface area contributed by atoms with Crippen molar-refractivity contribution in [3.63, 3.8) is 0 Å². The molecule has 1 amide bonds. The van der Waals surface area contributed by atoms with Crippen molar-refractivity contribution < 1.29 is 23.1 Å². The Labute approximate surface area is 176 Å². The van der Waals surface area contributed by atoms with Crippen LogP contribution in [-0.4, -0.2) is 41.8 Å². The molecule has 1 aliphatic rings. The maximum absolute atomic E-state index is 13.3. The summed E-state index contributed by atoms with van der Waals surface area (Å²) in [7, 11) is -3.95. The molecule has 8 heteroatoms. The number of nitrogens with one attached hydrogen (secondary N) is 1. The van der Waals surface area contributed by atoms with Gasteiger partial charge in [0, 0.05) is 6.54 Å². The number of carbonyl (C=O) groups is 2. The zero-order valence-corrected chi connectivity index (χ0v) is 17.6. The molecule has 2 aromatic rings. The third-order valence-corrected chi connectivity index (χ3v) is 7.19. The minimum absolute atomic E-state index is 0.0538. The van der Waals surface area contributed by atoms with Crippen LogP contribution in [0.25, 0.3) is 0 Å². The summed E-state index contributed by atoms with van der Waals surface area (Å²) in [6.07, 6.45) is 1.93. The molecule has 2 atom stereocenters. The van der Waals surface area contributed by atoms with E-state index in [0.29, 0.717) is 12.8 Å². The Morgan fingerprint density at radius 3 is 2.37 bits per heavy atom. The van der Waals surface area contributed by atoms with Gasteiger partial charge in [0.1, 0.15) is 12.1 Å². The van der Waals surface area contributed by atoms with Gasteiger partial charge >= 0.3 is 5.97 Å². The first-order chi connectivity index (χ1) is 14.3. The van der Waals surface area contributed by atoms with Crippen molar-refractivity contribution in [2.75, 3.05) is 0 Å². The lowest BCUT2D eigenvalue weighted by molar-refractivity contribution is -0.142. The Bertz CT molecular complexity index is 1010. The Hall–Kier alpha value is -2.71. The summed E-state index contributed by atoms with van der Waals surface area (Å²) in [6.45, 7) is 1.99. The predicted molar refractivity (Wildman–Crippen MR) is 112 cm³/mol. The molecule has 7 nitrogen and oxygen atoms in total. The molecule has 0 spiro atoms. The number of amides is 1. The van der Waals surface area contributed by atoms with Crippen LogP contribution in [-0.2, 0) is 32.6 Å². The molecule has 1 unspecified atom stereocenters. The van der Waals surface area contributed by atoms with Crippen molar-refractivity contribution in [2.24, 2.45) is 0 Å². The van der Waals surface area contributed by atoms with Gasteiger partial charge in [-0.2, -0.15) is 4.31 Å². The number of unbranched alkanes of at least 4 members (excludes halogenated alkanes) is 1. The minimum Gasteiger partial charge on any atom is -0.480 e. The fourth-order valence-electron chi connectivity index (χ4n) is 3.64. The number of rotatable bonds is 8. The minimum atomic E-state index is -3.95. The Balaban J connectivity index is 1.94. The van der Waals surface area contributed by atoms with Gasteiger partial charge < -0.3 is 10.4 Å². The van der Waals surface area contributed by atoms with Gasteiger partial charge in [-0.3, -0.25) is 4.79 Å². The van der Waals surface area contributed by atoms with Crippen LogP contribution in [0.2, 0.25) is 0 Å². The second-order valence-corrected chi connectivity index (χ2v) is 9.28. The largest absolute Gasteiger partial charge is 0.480 e. The first-order valence-corrected chi connectivity index (χ1v) is 11.5. The van der Waals surface area contributed by atoms with E-state index < -0.39 is 34.0 Å². The molecule has 0 bridgehead atoms. The molecule has 3 rings (SSSR count). The number of fused-ring (bicyclic) bond motifs is 1. The highest BCUT2D eigenvalue weighted by molar-refractivity contribution is 7.89. The van der Waals surface area contributed by atoms with Gasteiger partial charge in [0.2, 0.25) is 15.9 Å². The molecule has 0 aliphatic carbocycles. The number of sulfonamides is 1. The Morgan fingerprint density at radius 2 is 1.73 bits per heavy atom. The molecule has 0 saturated carbocycles. The van der Waals surface area contributed by atoms with E-state index in [9.17, 15) is 23.1 Å². The monoisotopic (exact) mass is 430 g/mol. The fourth-order valence-corrected chi connectivity index (χ4v) is 5.22. The van der Waals surface area contributed by atoms with Crippen LogP contribution in [0.4, 0.5) is 0 Å². The van der Waals surface area contributed by atoms with E-state index >= 15 is 0 Å². The third-order valence-electron chi connectivity index (χ3n) is 5.32. The number of hydrogen-bond acceptors (Lipinski definition) is 4. The van der Waals surface area contributed by atoms with E-state index in [-0.39, 0.29) is 17.9 Å². The molecule has 2 N–H and O–H groups in total. The lowest BCUT2D eigenvalue weighted by Gasteiger charge is -2.35. The van der Waals surface area contributed by atoms with Crippen LogP contribution in [0, 0.1) is 0 Å². The number of hydrogen-bond donors (Lipinski definition) is 2. The van der Waals surface area contributed by atoms with Crippen molar-refractivity contribution in [1.29, 1.82) is 0 Å². The highest BCUT2D eigenvalue weighted by Crippen LogP contribution is 2.29. The summed E-state index contributed by atoms with van der Waals surface area (Å²) < 4.78 is 27.8. The lowest BCUT2D eigenvalue weighted by Crippen LogP contribution is -2.55. The maximum Gasteiger partial charge on any atom is 0.326 e. The molecule has 160 valence electrons. The van der Waals surface area contributed by atoms with E-state index in [1.54, 1.807) is 18.2 Å². The third kappa shape index (κ3) is 4.71. The molecule has 0 aromatic heterocycles. The van der Waals surface area contributed by atoms with Crippen LogP contribution in [0.15, 0.2) is 59.5 Å². The zero-order valence-electron chi connectivity index (χ0n) is 16.8. The van der Waals surface area contributed by atoms with Crippen LogP contribution in [0.3, 0.4) is 0 Å². The average molecular weight is 431 g/mol. The maximum atomic E-state index is 13.3. The molecule has 1 heterocycles. The standard InChI is InChI=1S/C22H26N2O5S/c1-2-3-13-19(22(26)27)23-21(25)20-14-16-9-7-8-10-17(16)15-24(20)30(28,29)18-11-5-4-6-12-18/h4-12,19-20H,2-3,13-15H2,1H3,(H,23,25)(H,26,27)/t19?,20-/m0/s1. The molecule has 0 saturated heterocycles. The van der Waals surface area contributed by atoms with Crippen LogP contribution in [0.1, 0.15) is 37.3 Å². The molecule has 30 heavy (non-hydrogen) atoms. The number of benzene rings is 2. The van der Waals surface area contributed by atoms with Crippen molar-refractivity contribution in [3.05, 3.63) is 65.7 Å². The highest BCUT2D eigenvalue weighted by atomic mass is 32.2. The van der Waals surface area contributed by atoms with E-state index in [4.69, 9.17) is 0 Å². The van der Waals surface area contributed by atoms with Crippen LogP contribution < -0.4 is 5.32 Å². The number of carbonyl (C=O) groups excluding carboxylic acids is 1. The molecule has 2 aromatic carbocycles. The number of aliphatic carboxylic acids is 1. The smallest absolute Gasteiger partial charge is 0.326 e. The summed E-state index contributed by atoms with van der Waals surface area (Å²) in [5.41, 5.74) is 1.72. The number of carboxylic acids is 1. The normalized spacial score (nSPS) is 17.7. The predicted octanol–water partition coefficient (Wildman–Crippen LogP) is 2.56. The fraction of sp³-hybridized carbons (Fsp3) is 0.364. The molecular formula is C22H26N2O5S. The first-order valence-electron chi connectivity index (χ1n) is 10.0. The molecule has 1 aliphatic heterocycles. The summed E-state index contributed by atoms with van der Waals surface area (Å²) >= 11 is 0. The number of carboxylic acid groups (broad SMARTS) is 1. The molecule has 0 fully saturated rings. The second-order valence-electron chi connectivity index (χ2n) is 7.39. The van der Waals surface area contributed by atoms with E-state index in [0.717, 1.165) is 17.5 Å². The van der Waals surface area contributed by atoms with E-state index in [1.165, 1.54) is 16.4 Å². The second kappa shape index (κ2) is 9.40. The van der Waals surface area contributed by atoms with Crippen LogP contribution in [0.5, 0.6) is 0 Å². The Kier molecular flexibility index (Phi) is 6.89. The SMILES string of the molecule is CCCCC(NC(=O)[C@@H]1Cc2ccccc2CN1S(=O)(=O)c1ccccc1)C(=O)O. The van der Waals surface area contributed by atoms with Gasteiger partial charge in [0.05, 0.1) is 4.90 Å². The van der Waals surface area contributed by atoms with Crippen molar-refractivity contribution >= 4 is 21.9 Å². The van der Waals surface area contributed by atoms with Gasteiger partial charge in [-0.05, 0) is 36.1 Å². The van der Waals surface area contributed by atoms with Crippen molar-refractivity contribution in [2.45, 2.75) is 56.1 Å². The van der Waals surface area contributed by atoms with E-state index in [2.05, 4.69) is 5.32 Å². The van der Waals surface area contributed by atoms with E-state index in [1.807, 2.05) is 31.2 Å². The summed E-state index contributed by atoms with van der Waals surface area (Å²) in [5.74, 6) is -1.71. The van der Waals surface area contributed by atoms with Crippen molar-refractivity contribution in [1.82, 2.24) is 9.62 Å². The lowest BCUT2D eigenvalue weighted by atomic mass is 9.95. The average Bonchev–Trinajstić information content (AvgIpc) is 2.76. The highest BCUT2D eigenvalue weighted by Gasteiger charge is 2.40. The molecule has 0 radical (unpaired) electrons. The van der Waals surface area contributed by atoms with Crippen molar-refractivity contribution in [3.8, 4) is 0 Å². The van der Waals surface area contributed by atoms with Gasteiger partial charge in [-0.15, -0.1) is 0 Å². The van der Waals surface area contributed by atoms with Gasteiger partial charge in [0.25, 0.3) is 0 Å². The summed E-state index contributed by atoms with van der Waals surface area (Å²) in [5, 5.41) is 12.0.